The van der Waals surface area contributed by atoms with Crippen molar-refractivity contribution in [1.82, 2.24) is 9.55 Å². The minimum absolute atomic E-state index is 0.881. The van der Waals surface area contributed by atoms with Gasteiger partial charge < -0.3 is 4.42 Å². The predicted molar refractivity (Wildman–Crippen MR) is 171 cm³/mol. The monoisotopic (exact) mass is 542 g/mol. The second-order valence-corrected chi connectivity index (χ2v) is 10.8. The molecular formula is C38H28N3O+. The minimum Gasteiger partial charge on any atom is -0.455 e. The molecule has 42 heavy (non-hydrogen) atoms. The molecule has 0 atom stereocenters. The number of nitrogens with zero attached hydrogens (tertiary/aromatic N) is 3. The Bertz CT molecular complexity index is 2260. The molecule has 4 nitrogen and oxygen atoms in total. The van der Waals surface area contributed by atoms with Crippen LogP contribution < -0.4 is 4.57 Å². The highest BCUT2D eigenvalue weighted by atomic mass is 16.3. The summed E-state index contributed by atoms with van der Waals surface area (Å²) in [4.78, 5) is 4.56. The minimum atomic E-state index is 0.881. The first-order valence-electron chi connectivity index (χ1n) is 14.2. The number of fused-ring (bicyclic) bond motifs is 4. The number of hydrogen-bond acceptors (Lipinski definition) is 2. The van der Waals surface area contributed by atoms with Crippen LogP contribution in [0.5, 0.6) is 0 Å². The molecule has 0 amide bonds. The average molecular weight is 543 g/mol. The molecule has 8 aromatic rings. The van der Waals surface area contributed by atoms with E-state index in [1.807, 2.05) is 18.5 Å². The van der Waals surface area contributed by atoms with Crippen molar-refractivity contribution < 1.29 is 8.98 Å². The lowest BCUT2D eigenvalue weighted by molar-refractivity contribution is -0.633. The van der Waals surface area contributed by atoms with Crippen LogP contribution >= 0.6 is 0 Å². The summed E-state index contributed by atoms with van der Waals surface area (Å²) in [6.45, 7) is 2.15. The molecule has 0 aliphatic carbocycles. The average Bonchev–Trinajstić information content (AvgIpc) is 3.56. The van der Waals surface area contributed by atoms with Gasteiger partial charge in [-0.2, -0.15) is 4.57 Å². The van der Waals surface area contributed by atoms with Crippen molar-refractivity contribution in [1.29, 1.82) is 0 Å². The van der Waals surface area contributed by atoms with Crippen LogP contribution in [0.15, 0.2) is 138 Å². The molecule has 8 rings (SSSR count). The topological polar surface area (TPSA) is 34.8 Å². The lowest BCUT2D eigenvalue weighted by Crippen LogP contribution is -2.30. The first-order chi connectivity index (χ1) is 20.7. The molecule has 0 saturated carbocycles. The van der Waals surface area contributed by atoms with Crippen molar-refractivity contribution in [2.75, 3.05) is 0 Å². The third-order valence-electron chi connectivity index (χ3n) is 8.31. The van der Waals surface area contributed by atoms with E-state index >= 15 is 0 Å². The molecule has 0 aliphatic rings. The van der Waals surface area contributed by atoms with Crippen LogP contribution in [0.25, 0.3) is 72.3 Å². The highest BCUT2D eigenvalue weighted by Gasteiger charge is 2.33. The zero-order valence-corrected chi connectivity index (χ0v) is 23.5. The van der Waals surface area contributed by atoms with E-state index < -0.39 is 0 Å². The Morgan fingerprint density at radius 3 is 2.17 bits per heavy atom. The quantitative estimate of drug-likeness (QED) is 0.208. The fourth-order valence-electron chi connectivity index (χ4n) is 6.33. The summed E-state index contributed by atoms with van der Waals surface area (Å²) in [5, 5.41) is 2.21. The third-order valence-corrected chi connectivity index (χ3v) is 8.31. The molecule has 200 valence electrons. The standard InChI is InChI=1S/C38H28N3O/c1-25-21-22-39-24-31(25)38-40(2)32-18-10-11-19-33(32)41(38)36-29(26-13-5-3-6-14-26)23-30-28-17-9-12-20-34(28)42-37(30)35(36)27-15-7-4-8-16-27/h3-24H,1-2H3/q+1. The van der Waals surface area contributed by atoms with Crippen molar-refractivity contribution in [3.8, 4) is 39.3 Å². The van der Waals surface area contributed by atoms with Crippen molar-refractivity contribution in [3.63, 3.8) is 0 Å². The van der Waals surface area contributed by atoms with E-state index in [0.717, 1.165) is 77.9 Å². The van der Waals surface area contributed by atoms with E-state index in [2.05, 4.69) is 143 Å². The van der Waals surface area contributed by atoms with Gasteiger partial charge in [0.15, 0.2) is 16.7 Å². The molecule has 5 aromatic carbocycles. The van der Waals surface area contributed by atoms with E-state index in [0.29, 0.717) is 0 Å². The normalized spacial score (nSPS) is 11.6. The Morgan fingerprint density at radius 1 is 0.690 bits per heavy atom. The van der Waals surface area contributed by atoms with Crippen LogP contribution in [0, 0.1) is 6.92 Å². The van der Waals surface area contributed by atoms with Gasteiger partial charge in [-0.05, 0) is 53.9 Å². The molecule has 0 saturated heterocycles. The molecule has 0 N–H and O–H groups in total. The van der Waals surface area contributed by atoms with Crippen molar-refractivity contribution in [2.45, 2.75) is 6.92 Å². The summed E-state index contributed by atoms with van der Waals surface area (Å²) in [5.74, 6) is 1.06. The fraction of sp³-hybridized carbons (Fsp3) is 0.0526. The van der Waals surface area contributed by atoms with E-state index in [1.165, 1.54) is 0 Å². The Kier molecular flexibility index (Phi) is 5.54. The number of pyridine rings is 1. The van der Waals surface area contributed by atoms with Gasteiger partial charge in [0.25, 0.3) is 5.82 Å². The van der Waals surface area contributed by atoms with Gasteiger partial charge in [0.2, 0.25) is 0 Å². The van der Waals surface area contributed by atoms with Crippen LogP contribution in [0.2, 0.25) is 0 Å². The number of imidazole rings is 1. The smallest absolute Gasteiger partial charge is 0.296 e. The zero-order valence-electron chi connectivity index (χ0n) is 23.5. The van der Waals surface area contributed by atoms with Crippen LogP contribution in [0.4, 0.5) is 0 Å². The van der Waals surface area contributed by atoms with Gasteiger partial charge in [-0.25, -0.2) is 4.57 Å². The second kappa shape index (κ2) is 9.57. The maximum Gasteiger partial charge on any atom is 0.296 e. The van der Waals surface area contributed by atoms with Crippen LogP contribution in [0.1, 0.15) is 5.56 Å². The highest BCUT2D eigenvalue weighted by molar-refractivity contribution is 6.14. The fourth-order valence-corrected chi connectivity index (χ4v) is 6.33. The first-order valence-corrected chi connectivity index (χ1v) is 14.2. The van der Waals surface area contributed by atoms with E-state index in [-0.39, 0.29) is 0 Å². The SMILES string of the molecule is Cc1ccncc1-c1n(-c2c(-c3ccccc3)cc3c(oc4ccccc43)c2-c2ccccc2)c2ccccc2[n+]1C. The summed E-state index contributed by atoms with van der Waals surface area (Å²) >= 11 is 0. The number of rotatable bonds is 4. The van der Waals surface area contributed by atoms with Gasteiger partial charge in [0.05, 0.1) is 18.2 Å². The van der Waals surface area contributed by atoms with Gasteiger partial charge in [-0.15, -0.1) is 0 Å². The molecule has 3 aromatic heterocycles. The van der Waals surface area contributed by atoms with Crippen LogP contribution in [-0.4, -0.2) is 9.55 Å². The Labute approximate surface area is 243 Å². The number of furan rings is 1. The lowest BCUT2D eigenvalue weighted by atomic mass is 9.92. The third kappa shape index (κ3) is 3.62. The van der Waals surface area contributed by atoms with Gasteiger partial charge in [-0.3, -0.25) is 4.98 Å². The van der Waals surface area contributed by atoms with Crippen molar-refractivity contribution >= 4 is 33.0 Å². The van der Waals surface area contributed by atoms with E-state index in [1.54, 1.807) is 0 Å². The van der Waals surface area contributed by atoms with E-state index in [4.69, 9.17) is 4.42 Å². The number of aromatic nitrogens is 3. The molecule has 0 fully saturated rings. The summed E-state index contributed by atoms with van der Waals surface area (Å²) in [7, 11) is 2.14. The number of para-hydroxylation sites is 3. The molecule has 3 heterocycles. The number of hydrogen-bond donors (Lipinski definition) is 0. The first kappa shape index (κ1) is 24.3. The zero-order chi connectivity index (χ0) is 28.2. The summed E-state index contributed by atoms with van der Waals surface area (Å²) < 4.78 is 11.4. The van der Waals surface area contributed by atoms with Gasteiger partial charge in [-0.1, -0.05) is 91.0 Å². The predicted octanol–water partition coefficient (Wildman–Crippen LogP) is 9.06. The molecular weight excluding hydrogens is 514 g/mol. The molecule has 0 aliphatic heterocycles. The number of aryl methyl sites for hydroxylation is 2. The van der Waals surface area contributed by atoms with Crippen LogP contribution in [0.3, 0.4) is 0 Å². The molecule has 4 heteroatoms. The van der Waals surface area contributed by atoms with Crippen molar-refractivity contribution in [3.05, 3.63) is 139 Å². The maximum absolute atomic E-state index is 6.75. The molecule has 0 unspecified atom stereocenters. The second-order valence-electron chi connectivity index (χ2n) is 10.8. The van der Waals surface area contributed by atoms with Gasteiger partial charge >= 0.3 is 0 Å². The highest BCUT2D eigenvalue weighted by Crippen LogP contribution is 2.46. The largest absolute Gasteiger partial charge is 0.455 e. The molecule has 0 bridgehead atoms. The molecule has 0 radical (unpaired) electrons. The Hall–Kier alpha value is -5.48. The van der Waals surface area contributed by atoms with Crippen LogP contribution in [-0.2, 0) is 7.05 Å². The summed E-state index contributed by atoms with van der Waals surface area (Å²) in [6.07, 6.45) is 3.83. The van der Waals surface area contributed by atoms with Crippen molar-refractivity contribution in [2.24, 2.45) is 7.05 Å². The molecule has 0 spiro atoms. The summed E-state index contributed by atoms with van der Waals surface area (Å²) in [6, 6.07) is 42.6. The van der Waals surface area contributed by atoms with E-state index in [9.17, 15) is 0 Å². The van der Waals surface area contributed by atoms with Gasteiger partial charge in [0.1, 0.15) is 11.2 Å². The number of benzene rings is 5. The maximum atomic E-state index is 6.75. The summed E-state index contributed by atoms with van der Waals surface area (Å²) in [5.41, 5.74) is 11.8. The van der Waals surface area contributed by atoms with Gasteiger partial charge in [0, 0.05) is 28.7 Å². The Balaban J connectivity index is 1.65. The Morgan fingerprint density at radius 2 is 1.38 bits per heavy atom. The lowest BCUT2D eigenvalue weighted by Gasteiger charge is -2.16.